The van der Waals surface area contributed by atoms with Gasteiger partial charge >= 0.3 is 5.63 Å². The number of fused-ring (bicyclic) bond motifs is 2. The number of ether oxygens (including phenoxy) is 4. The predicted octanol–water partition coefficient (Wildman–Crippen LogP) is 2.05. The number of rotatable bonds is 7. The second-order valence-electron chi connectivity index (χ2n) is 10.2. The van der Waals surface area contributed by atoms with Crippen molar-refractivity contribution in [3.8, 4) is 11.5 Å². The van der Waals surface area contributed by atoms with E-state index in [0.29, 0.717) is 5.56 Å². The number of nitrogens with one attached hydrogen (secondary N) is 2. The second kappa shape index (κ2) is 10.8. The highest BCUT2D eigenvalue weighted by atomic mass is 16.7. The quantitative estimate of drug-likeness (QED) is 0.141. The van der Waals surface area contributed by atoms with E-state index in [4.69, 9.17) is 29.1 Å². The number of anilines is 1. The SMILES string of the molecule is CO[C@@H]1[C@@H](OC(N)O)[C@@H](O)[C@H](Oc2ccc3c(O)c(NC(=O)c4cc5ccccc5[nH]4)c(=O)oc3c2C)OC1(C)C. The fourth-order valence-corrected chi connectivity index (χ4v) is 5.10. The number of aliphatic hydroxyl groups excluding tert-OH is 2. The number of benzene rings is 2. The fourth-order valence-electron chi connectivity index (χ4n) is 5.10. The van der Waals surface area contributed by atoms with Crippen LogP contribution in [0.2, 0.25) is 0 Å². The van der Waals surface area contributed by atoms with Gasteiger partial charge in [0.15, 0.2) is 11.4 Å². The third kappa shape index (κ3) is 5.26. The molecule has 0 radical (unpaired) electrons. The van der Waals surface area contributed by atoms with E-state index in [1.807, 2.05) is 18.2 Å². The molecule has 1 fully saturated rings. The molecule has 3 heterocycles. The fraction of sp³-hybridized carbons (Fsp3) is 0.357. The number of aromatic nitrogens is 1. The number of carbonyl (C=O) groups is 1. The van der Waals surface area contributed by atoms with Gasteiger partial charge in [-0.2, -0.15) is 0 Å². The van der Waals surface area contributed by atoms with Gasteiger partial charge in [0.2, 0.25) is 12.7 Å². The molecule has 5 rings (SSSR count). The number of aryl methyl sites for hydroxylation is 1. The van der Waals surface area contributed by atoms with Crippen molar-refractivity contribution in [1.29, 1.82) is 0 Å². The first-order chi connectivity index (χ1) is 19.4. The molecular weight excluding hydrogens is 538 g/mol. The first-order valence-corrected chi connectivity index (χ1v) is 12.7. The van der Waals surface area contributed by atoms with Crippen LogP contribution < -0.4 is 21.4 Å². The third-order valence-corrected chi connectivity index (χ3v) is 7.07. The zero-order valence-corrected chi connectivity index (χ0v) is 22.7. The van der Waals surface area contributed by atoms with E-state index in [2.05, 4.69) is 10.3 Å². The first-order valence-electron chi connectivity index (χ1n) is 12.7. The summed E-state index contributed by atoms with van der Waals surface area (Å²) in [5, 5.41) is 34.8. The normalized spacial score (nSPS) is 23.0. The standard InChI is InChI=1S/C28H31N3O10/c1-12-17(38-26-20(33)22(40-27(29)36)23(37-4)28(2,3)41-26)10-9-14-19(32)18(25(35)39-21(12)14)31-24(34)16-11-13-7-5-6-8-15(13)30-16/h5-11,20,22-23,26-27,30,32-33,36H,29H2,1-4H3,(H,31,34)/t20-,22+,23-,26-,27?/m1/s1. The van der Waals surface area contributed by atoms with Crippen LogP contribution in [0.3, 0.4) is 0 Å². The smallest absolute Gasteiger partial charge is 0.364 e. The zero-order chi connectivity index (χ0) is 29.6. The molecule has 1 aliphatic rings. The van der Waals surface area contributed by atoms with Crippen LogP contribution in [-0.4, -0.2) is 69.9 Å². The van der Waals surface area contributed by atoms with Crippen molar-refractivity contribution in [2.24, 2.45) is 5.73 Å². The lowest BCUT2D eigenvalue weighted by Gasteiger charge is -2.48. The molecule has 0 spiro atoms. The van der Waals surface area contributed by atoms with Crippen LogP contribution in [0.4, 0.5) is 5.69 Å². The summed E-state index contributed by atoms with van der Waals surface area (Å²) in [4.78, 5) is 28.7. The number of aliphatic hydroxyl groups is 2. The van der Waals surface area contributed by atoms with Crippen LogP contribution >= 0.6 is 0 Å². The summed E-state index contributed by atoms with van der Waals surface area (Å²) in [6.45, 7) is 4.97. The Morgan fingerprint density at radius 1 is 1.22 bits per heavy atom. The van der Waals surface area contributed by atoms with E-state index in [1.54, 1.807) is 32.9 Å². The Morgan fingerprint density at radius 2 is 1.95 bits per heavy atom. The number of para-hydroxylation sites is 1. The molecule has 13 heteroatoms. The second-order valence-corrected chi connectivity index (χ2v) is 10.2. The van der Waals surface area contributed by atoms with Crippen molar-refractivity contribution in [2.45, 2.75) is 57.4 Å². The highest BCUT2D eigenvalue weighted by Gasteiger charge is 2.52. The van der Waals surface area contributed by atoms with Gasteiger partial charge in [-0.15, -0.1) is 0 Å². The summed E-state index contributed by atoms with van der Waals surface area (Å²) in [5.41, 5.74) is 4.18. The number of aromatic amines is 1. The third-order valence-electron chi connectivity index (χ3n) is 7.07. The Bertz CT molecular complexity index is 1630. The summed E-state index contributed by atoms with van der Waals surface area (Å²) >= 11 is 0. The average Bonchev–Trinajstić information content (AvgIpc) is 3.35. The first kappa shape index (κ1) is 28.5. The summed E-state index contributed by atoms with van der Waals surface area (Å²) in [7, 11) is 1.40. The number of aromatic hydroxyl groups is 1. The lowest BCUT2D eigenvalue weighted by atomic mass is 9.89. The molecule has 2 aromatic heterocycles. The Labute approximate surface area is 233 Å². The number of hydrogen-bond acceptors (Lipinski definition) is 11. The zero-order valence-electron chi connectivity index (χ0n) is 22.7. The molecule has 7 N–H and O–H groups in total. The van der Waals surface area contributed by atoms with E-state index in [9.17, 15) is 24.9 Å². The minimum absolute atomic E-state index is 0.00174. The van der Waals surface area contributed by atoms with E-state index in [0.717, 1.165) is 10.9 Å². The molecule has 41 heavy (non-hydrogen) atoms. The van der Waals surface area contributed by atoms with Gasteiger partial charge in [0.25, 0.3) is 5.91 Å². The van der Waals surface area contributed by atoms with Crippen LogP contribution in [0.1, 0.15) is 29.9 Å². The molecular formula is C28H31N3O10. The van der Waals surface area contributed by atoms with Gasteiger partial charge in [-0.3, -0.25) is 10.5 Å². The van der Waals surface area contributed by atoms with Crippen molar-refractivity contribution >= 4 is 33.5 Å². The molecule has 0 saturated carbocycles. The molecule has 0 bridgehead atoms. The maximum absolute atomic E-state index is 12.9. The van der Waals surface area contributed by atoms with Crippen LogP contribution in [-0.2, 0) is 14.2 Å². The predicted molar refractivity (Wildman–Crippen MR) is 147 cm³/mol. The largest absolute Gasteiger partial charge is 0.505 e. The molecule has 1 saturated heterocycles. The molecule has 0 aliphatic carbocycles. The van der Waals surface area contributed by atoms with Crippen LogP contribution in [0, 0.1) is 6.92 Å². The number of amides is 1. The van der Waals surface area contributed by atoms with Gasteiger partial charge in [-0.05, 0) is 45.0 Å². The Hall–Kier alpha value is -3.98. The Balaban J connectivity index is 1.44. The number of hydrogen-bond donors (Lipinski definition) is 6. The Morgan fingerprint density at radius 3 is 2.63 bits per heavy atom. The number of H-pyrrole nitrogens is 1. The Kier molecular flexibility index (Phi) is 7.50. The monoisotopic (exact) mass is 569 g/mol. The van der Waals surface area contributed by atoms with Gasteiger partial charge in [-0.25, -0.2) is 4.79 Å². The highest BCUT2D eigenvalue weighted by molar-refractivity contribution is 6.07. The van der Waals surface area contributed by atoms with Gasteiger partial charge in [-0.1, -0.05) is 18.2 Å². The molecule has 13 nitrogen and oxygen atoms in total. The summed E-state index contributed by atoms with van der Waals surface area (Å²) in [6, 6.07) is 11.8. The number of carbonyl (C=O) groups excluding carboxylic acids is 1. The minimum atomic E-state index is -1.69. The van der Waals surface area contributed by atoms with Crippen LogP contribution in [0.15, 0.2) is 51.7 Å². The van der Waals surface area contributed by atoms with Crippen molar-refractivity contribution in [3.63, 3.8) is 0 Å². The van der Waals surface area contributed by atoms with Gasteiger partial charge < -0.3 is 49.0 Å². The molecule has 1 aliphatic heterocycles. The van der Waals surface area contributed by atoms with E-state index in [1.165, 1.54) is 19.2 Å². The van der Waals surface area contributed by atoms with Crippen molar-refractivity contribution < 1.29 is 43.5 Å². The van der Waals surface area contributed by atoms with Gasteiger partial charge in [0, 0.05) is 23.6 Å². The number of methoxy groups -OCH3 is 1. The molecule has 4 aromatic rings. The summed E-state index contributed by atoms with van der Waals surface area (Å²) < 4.78 is 28.1. The van der Waals surface area contributed by atoms with E-state index < -0.39 is 59.6 Å². The molecule has 5 atom stereocenters. The maximum Gasteiger partial charge on any atom is 0.364 e. The van der Waals surface area contributed by atoms with Gasteiger partial charge in [0.1, 0.15) is 35.3 Å². The average molecular weight is 570 g/mol. The topological polar surface area (TPSA) is 199 Å². The lowest BCUT2D eigenvalue weighted by Crippen LogP contribution is -2.65. The summed E-state index contributed by atoms with van der Waals surface area (Å²) in [5.74, 6) is -0.962. The number of nitrogens with two attached hydrogens (primary N) is 1. The van der Waals surface area contributed by atoms with Crippen molar-refractivity contribution in [2.75, 3.05) is 12.4 Å². The van der Waals surface area contributed by atoms with Crippen LogP contribution in [0.5, 0.6) is 11.5 Å². The summed E-state index contributed by atoms with van der Waals surface area (Å²) in [6.07, 6.45) is -6.34. The highest BCUT2D eigenvalue weighted by Crippen LogP contribution is 2.38. The van der Waals surface area contributed by atoms with Crippen molar-refractivity contribution in [1.82, 2.24) is 4.98 Å². The lowest BCUT2D eigenvalue weighted by molar-refractivity contribution is -0.329. The molecule has 1 unspecified atom stereocenters. The maximum atomic E-state index is 12.9. The van der Waals surface area contributed by atoms with Crippen LogP contribution in [0.25, 0.3) is 21.9 Å². The van der Waals surface area contributed by atoms with Crippen molar-refractivity contribution in [3.05, 3.63) is 64.1 Å². The molecule has 1 amide bonds. The van der Waals surface area contributed by atoms with E-state index >= 15 is 0 Å². The molecule has 218 valence electrons. The van der Waals surface area contributed by atoms with Gasteiger partial charge in [0.05, 0.1) is 11.0 Å². The minimum Gasteiger partial charge on any atom is -0.505 e. The molecule has 2 aromatic carbocycles. The van der Waals surface area contributed by atoms with E-state index in [-0.39, 0.29) is 22.4 Å².